The highest BCUT2D eigenvalue weighted by molar-refractivity contribution is 9.12. The molecule has 0 radical (unpaired) electrons. The van der Waals surface area contributed by atoms with E-state index in [1.165, 1.54) is 0 Å². The smallest absolute Gasteiger partial charge is 0.226 e. The van der Waals surface area contributed by atoms with Gasteiger partial charge < -0.3 is 20.6 Å². The van der Waals surface area contributed by atoms with Crippen LogP contribution in [0.5, 0.6) is 11.5 Å². The summed E-state index contributed by atoms with van der Waals surface area (Å²) >= 11 is 2.45. The van der Waals surface area contributed by atoms with Gasteiger partial charge >= 0.3 is 0 Å². The third kappa shape index (κ3) is 8.59. The van der Waals surface area contributed by atoms with Crippen molar-refractivity contribution in [2.24, 2.45) is 10.8 Å². The molecular weight excluding hydrogens is 588 g/mol. The number of nitrogens with zero attached hydrogens (tertiary/aromatic N) is 7. The van der Waals surface area contributed by atoms with Crippen LogP contribution in [-0.2, 0) is 0 Å². The van der Waals surface area contributed by atoms with Crippen LogP contribution in [0.4, 0.5) is 11.6 Å². The molecule has 0 fully saturated rings. The van der Waals surface area contributed by atoms with Gasteiger partial charge in [-0.3, -0.25) is 14.5 Å². The zero-order valence-electron chi connectivity index (χ0n) is 22.2. The van der Waals surface area contributed by atoms with E-state index < -0.39 is 0 Å². The first-order valence-corrected chi connectivity index (χ1v) is 12.7. The van der Waals surface area contributed by atoms with Crippen molar-refractivity contribution in [1.29, 1.82) is 5.26 Å². The Morgan fingerprint density at radius 1 is 0.854 bits per heavy atom. The Kier molecular flexibility index (Phi) is 11.7. The van der Waals surface area contributed by atoms with Crippen LogP contribution in [0, 0.1) is 10.2 Å². The summed E-state index contributed by atoms with van der Waals surface area (Å²) in [6.45, 7) is 0. The van der Waals surface area contributed by atoms with Gasteiger partial charge in [-0.1, -0.05) is 0 Å². The third-order valence-corrected chi connectivity index (χ3v) is 5.36. The number of nitrogen functional groups attached to an aromatic ring is 1. The fourth-order valence-corrected chi connectivity index (χ4v) is 3.45. The SMILES string of the molecule is COc1ccc(-n2c(N)nnc2-c2ccncc2)cc1.COc1ccc(N=C(NN)c2ccncc2)cc1.N#CBr. The predicted molar refractivity (Wildman–Crippen MR) is 161 cm³/mol. The molecule has 0 spiro atoms. The number of aromatic nitrogens is 5. The number of hydrogen-bond acceptors (Lipinski definition) is 10. The maximum absolute atomic E-state index is 7.24. The highest BCUT2D eigenvalue weighted by atomic mass is 79.9. The Balaban J connectivity index is 0.000000207. The molecule has 0 bridgehead atoms. The molecule has 5 N–H and O–H groups in total. The number of hydrogen-bond donors (Lipinski definition) is 3. The van der Waals surface area contributed by atoms with Gasteiger partial charge in [0, 0.05) is 51.8 Å². The Morgan fingerprint density at radius 3 is 1.88 bits per heavy atom. The van der Waals surface area contributed by atoms with Crippen molar-refractivity contribution in [2.75, 3.05) is 20.0 Å². The lowest BCUT2D eigenvalue weighted by molar-refractivity contribution is 0.414. The van der Waals surface area contributed by atoms with Crippen LogP contribution in [0.15, 0.2) is 103 Å². The fourth-order valence-electron chi connectivity index (χ4n) is 3.45. The van der Waals surface area contributed by atoms with E-state index in [1.807, 2.05) is 72.8 Å². The molecule has 13 heteroatoms. The van der Waals surface area contributed by atoms with E-state index in [4.69, 9.17) is 26.3 Å². The topological polar surface area (TPSA) is 175 Å². The molecule has 208 valence electrons. The number of hydrazine groups is 1. The van der Waals surface area contributed by atoms with E-state index in [-0.39, 0.29) is 0 Å². The number of anilines is 1. The summed E-state index contributed by atoms with van der Waals surface area (Å²) in [5.41, 5.74) is 12.0. The van der Waals surface area contributed by atoms with Gasteiger partial charge in [-0.15, -0.1) is 10.2 Å². The summed E-state index contributed by atoms with van der Waals surface area (Å²) in [5.74, 6) is 8.65. The molecule has 0 amide bonds. The number of rotatable bonds is 6. The van der Waals surface area contributed by atoms with E-state index in [0.717, 1.165) is 34.0 Å². The first-order chi connectivity index (χ1) is 20.0. The van der Waals surface area contributed by atoms with Gasteiger partial charge in [-0.05, 0) is 72.8 Å². The molecule has 0 unspecified atom stereocenters. The number of nitrogens with two attached hydrogens (primary N) is 2. The van der Waals surface area contributed by atoms with Gasteiger partial charge in [-0.2, -0.15) is 5.26 Å². The number of halogens is 1. The zero-order valence-corrected chi connectivity index (χ0v) is 23.8. The fraction of sp³-hybridized carbons (Fsp3) is 0.0714. The second kappa shape index (κ2) is 15.9. The van der Waals surface area contributed by atoms with Gasteiger partial charge in [0.2, 0.25) is 5.95 Å². The van der Waals surface area contributed by atoms with E-state index in [2.05, 4.69) is 46.5 Å². The minimum absolute atomic E-state index is 0.335. The molecule has 0 aliphatic heterocycles. The second-order valence-electron chi connectivity index (χ2n) is 7.77. The lowest BCUT2D eigenvalue weighted by atomic mass is 10.2. The first kappa shape index (κ1) is 30.2. The normalized spacial score (nSPS) is 10.2. The van der Waals surface area contributed by atoms with Gasteiger partial charge in [0.15, 0.2) is 5.82 Å². The van der Waals surface area contributed by atoms with E-state index >= 15 is 0 Å². The quantitative estimate of drug-likeness (QED) is 0.107. The van der Waals surface area contributed by atoms with Crippen molar-refractivity contribution in [3.05, 3.63) is 103 Å². The monoisotopic (exact) mass is 614 g/mol. The van der Waals surface area contributed by atoms with Crippen molar-refractivity contribution in [3.63, 3.8) is 0 Å². The number of nitrogens with one attached hydrogen (secondary N) is 1. The molecule has 5 aromatic rings. The molecular formula is C28H27BrN10O2. The number of pyridine rings is 2. The first-order valence-electron chi connectivity index (χ1n) is 11.9. The summed E-state index contributed by atoms with van der Waals surface area (Å²) in [4.78, 5) is 13.9. The van der Waals surface area contributed by atoms with Crippen LogP contribution in [0.25, 0.3) is 17.1 Å². The van der Waals surface area contributed by atoms with Crippen LogP contribution < -0.4 is 26.5 Å². The predicted octanol–water partition coefficient (Wildman–Crippen LogP) is 4.41. The van der Waals surface area contributed by atoms with Crippen LogP contribution in [0.1, 0.15) is 5.56 Å². The maximum atomic E-state index is 7.24. The average molecular weight is 615 g/mol. The number of amidine groups is 1. The van der Waals surface area contributed by atoms with Crippen molar-refractivity contribution >= 4 is 33.4 Å². The van der Waals surface area contributed by atoms with Gasteiger partial charge in [0.05, 0.1) is 25.6 Å². The summed E-state index contributed by atoms with van der Waals surface area (Å²) in [5, 5.41) is 15.3. The zero-order chi connectivity index (χ0) is 29.5. The lowest BCUT2D eigenvalue weighted by Gasteiger charge is -2.09. The van der Waals surface area contributed by atoms with Gasteiger partial charge in [-0.25, -0.2) is 10.8 Å². The summed E-state index contributed by atoms with van der Waals surface area (Å²) in [6, 6.07) is 22.4. The average Bonchev–Trinajstić information content (AvgIpc) is 3.43. The second-order valence-corrected chi connectivity index (χ2v) is 8.13. The van der Waals surface area contributed by atoms with Crippen LogP contribution in [0.2, 0.25) is 0 Å². The van der Waals surface area contributed by atoms with E-state index in [0.29, 0.717) is 17.6 Å². The molecule has 41 heavy (non-hydrogen) atoms. The Labute approximate surface area is 245 Å². The highest BCUT2D eigenvalue weighted by Crippen LogP contribution is 2.24. The molecule has 3 heterocycles. The summed E-state index contributed by atoms with van der Waals surface area (Å²) in [6.07, 6.45) is 6.80. The number of nitriles is 1. The molecule has 0 aliphatic carbocycles. The van der Waals surface area contributed by atoms with Gasteiger partial charge in [0.25, 0.3) is 0 Å². The Morgan fingerprint density at radius 2 is 1.37 bits per heavy atom. The number of aliphatic imine (C=N–C) groups is 1. The van der Waals surface area contributed by atoms with Crippen molar-refractivity contribution in [1.82, 2.24) is 30.2 Å². The largest absolute Gasteiger partial charge is 0.497 e. The van der Waals surface area contributed by atoms with Crippen molar-refractivity contribution in [3.8, 4) is 33.6 Å². The summed E-state index contributed by atoms with van der Waals surface area (Å²) in [7, 11) is 3.26. The van der Waals surface area contributed by atoms with Crippen molar-refractivity contribution in [2.45, 2.75) is 0 Å². The molecule has 5 rings (SSSR count). The molecule has 0 aliphatic rings. The molecule has 0 saturated heterocycles. The van der Waals surface area contributed by atoms with Crippen LogP contribution >= 0.6 is 15.9 Å². The number of methoxy groups -OCH3 is 2. The molecule has 0 saturated carbocycles. The van der Waals surface area contributed by atoms with Crippen LogP contribution in [-0.4, -0.2) is 44.8 Å². The highest BCUT2D eigenvalue weighted by Gasteiger charge is 2.13. The van der Waals surface area contributed by atoms with Gasteiger partial charge in [0.1, 0.15) is 22.3 Å². The Hall–Kier alpha value is -5.32. The minimum atomic E-state index is 0.335. The molecule has 12 nitrogen and oxygen atoms in total. The number of benzene rings is 2. The van der Waals surface area contributed by atoms with E-state index in [1.54, 1.807) is 48.6 Å². The molecule has 3 aromatic heterocycles. The third-order valence-electron chi connectivity index (χ3n) is 5.36. The van der Waals surface area contributed by atoms with Crippen molar-refractivity contribution < 1.29 is 9.47 Å². The molecule has 0 atom stereocenters. The Bertz CT molecular complexity index is 1550. The van der Waals surface area contributed by atoms with Crippen LogP contribution in [0.3, 0.4) is 0 Å². The maximum Gasteiger partial charge on any atom is 0.226 e. The van der Waals surface area contributed by atoms with E-state index in [9.17, 15) is 0 Å². The lowest BCUT2D eigenvalue weighted by Crippen LogP contribution is -2.30. The summed E-state index contributed by atoms with van der Waals surface area (Å²) < 4.78 is 12.0. The molecule has 2 aromatic carbocycles. The standard InChI is InChI=1S/C14H13N5O.C13H14N4O.CBrN/c1-20-12-4-2-11(3-5-12)19-13(17-18-14(19)15)10-6-8-16-9-7-10;1-18-12-4-2-11(3-5-12)16-13(17-14)10-6-8-15-9-7-10;2-1-3/h2-9H,1H3,(H2,15,18);2-9H,14H2,1H3,(H,16,17);. The minimum Gasteiger partial charge on any atom is -0.497 e. The number of ether oxygens (including phenoxy) is 2.